The Balaban J connectivity index is 1.43. The van der Waals surface area contributed by atoms with Crippen molar-refractivity contribution in [1.29, 1.82) is 0 Å². The maximum Gasteiger partial charge on any atom is 0.206 e. The Bertz CT molecular complexity index is 1190. The first-order chi connectivity index (χ1) is 16.8. The minimum Gasteiger partial charge on any atom is -0.449 e. The van der Waals surface area contributed by atoms with Gasteiger partial charge in [0.15, 0.2) is 0 Å². The lowest BCUT2D eigenvalue weighted by Crippen LogP contribution is -2.57. The molecule has 0 aliphatic carbocycles. The van der Waals surface area contributed by atoms with E-state index in [1.54, 1.807) is 37.2 Å². The molecular formula is C28H30N4OSi2. The Morgan fingerprint density at radius 1 is 0.543 bits per heavy atom. The quantitative estimate of drug-likeness (QED) is 0.317. The highest BCUT2D eigenvalue weighted by atomic mass is 28.4. The number of aromatic nitrogens is 4. The summed E-state index contributed by atoms with van der Waals surface area (Å²) in [5, 5.41) is 2.58. The van der Waals surface area contributed by atoms with Gasteiger partial charge in [-0.1, -0.05) is 60.7 Å². The number of hydrogen-bond donors (Lipinski definition) is 0. The summed E-state index contributed by atoms with van der Waals surface area (Å²) >= 11 is 0. The van der Waals surface area contributed by atoms with Crippen molar-refractivity contribution in [2.45, 2.75) is 26.2 Å². The average Bonchev–Trinajstić information content (AvgIpc) is 2.87. The molecule has 0 aliphatic rings. The molecule has 2 aromatic carbocycles. The van der Waals surface area contributed by atoms with Gasteiger partial charge in [0.2, 0.25) is 16.6 Å². The fourth-order valence-corrected chi connectivity index (χ4v) is 11.9. The summed E-state index contributed by atoms with van der Waals surface area (Å²) in [5.41, 5.74) is 3.95. The summed E-state index contributed by atoms with van der Waals surface area (Å²) in [6.07, 6.45) is 18.3. The Morgan fingerprint density at radius 2 is 0.943 bits per heavy atom. The lowest BCUT2D eigenvalue weighted by Gasteiger charge is -2.34. The van der Waals surface area contributed by atoms with E-state index in [-0.39, 0.29) is 0 Å². The van der Waals surface area contributed by atoms with Crippen molar-refractivity contribution in [3.8, 4) is 0 Å². The van der Waals surface area contributed by atoms with E-state index in [0.717, 1.165) is 22.5 Å². The van der Waals surface area contributed by atoms with E-state index in [0.29, 0.717) is 0 Å². The van der Waals surface area contributed by atoms with Crippen LogP contribution in [0.2, 0.25) is 26.2 Å². The second kappa shape index (κ2) is 10.8. The SMILES string of the molecule is C[Si](C)(O[Si](C)(C)c1ccc(C=Cc2cnccn2)cc1)c1ccc(C=Cc2cnccn2)cc1. The molecule has 0 atom stereocenters. The third-order valence-electron chi connectivity index (χ3n) is 5.78. The molecule has 2 aromatic heterocycles. The monoisotopic (exact) mass is 494 g/mol. The van der Waals surface area contributed by atoms with Gasteiger partial charge in [0.05, 0.1) is 23.8 Å². The fraction of sp³-hybridized carbons (Fsp3) is 0.143. The second-order valence-electron chi connectivity index (χ2n) is 9.29. The molecule has 0 radical (unpaired) electrons. The van der Waals surface area contributed by atoms with Gasteiger partial charge >= 0.3 is 0 Å². The van der Waals surface area contributed by atoms with Crippen molar-refractivity contribution in [2.24, 2.45) is 0 Å². The van der Waals surface area contributed by atoms with Crippen molar-refractivity contribution >= 4 is 51.3 Å². The van der Waals surface area contributed by atoms with Crippen LogP contribution in [0.5, 0.6) is 0 Å². The Morgan fingerprint density at radius 3 is 1.29 bits per heavy atom. The third-order valence-corrected chi connectivity index (χ3v) is 13.3. The van der Waals surface area contributed by atoms with Gasteiger partial charge in [-0.15, -0.1) is 0 Å². The van der Waals surface area contributed by atoms with Crippen molar-refractivity contribution in [1.82, 2.24) is 19.9 Å². The molecule has 0 saturated heterocycles. The van der Waals surface area contributed by atoms with Crippen LogP contribution in [0.25, 0.3) is 24.3 Å². The van der Waals surface area contributed by atoms with Gasteiger partial charge in [0.25, 0.3) is 0 Å². The molecule has 0 amide bonds. The molecule has 0 spiro atoms. The highest BCUT2D eigenvalue weighted by Crippen LogP contribution is 2.17. The van der Waals surface area contributed by atoms with Crippen LogP contribution in [0.3, 0.4) is 0 Å². The van der Waals surface area contributed by atoms with Crippen LogP contribution in [0.1, 0.15) is 22.5 Å². The highest BCUT2D eigenvalue weighted by molar-refractivity contribution is 6.96. The predicted molar refractivity (Wildman–Crippen MR) is 150 cm³/mol. The maximum atomic E-state index is 6.94. The minimum atomic E-state index is -2.09. The van der Waals surface area contributed by atoms with E-state index in [1.807, 2.05) is 12.2 Å². The van der Waals surface area contributed by atoms with Gasteiger partial charge in [0.1, 0.15) is 0 Å². The first-order valence-electron chi connectivity index (χ1n) is 11.6. The summed E-state index contributed by atoms with van der Waals surface area (Å²) in [4.78, 5) is 16.8. The van der Waals surface area contributed by atoms with Crippen LogP contribution in [0, 0.1) is 0 Å². The maximum absolute atomic E-state index is 6.94. The lowest BCUT2D eigenvalue weighted by molar-refractivity contribution is 0.573. The van der Waals surface area contributed by atoms with E-state index in [2.05, 4.69) is 107 Å². The van der Waals surface area contributed by atoms with Crippen LogP contribution in [-0.2, 0) is 4.12 Å². The van der Waals surface area contributed by atoms with Gasteiger partial charge in [-0.05, 0) is 59.8 Å². The lowest BCUT2D eigenvalue weighted by atomic mass is 10.2. The molecule has 0 fully saturated rings. The standard InChI is InChI=1S/C28H30N4OSi2/c1-34(2,27-13-7-23(8-14-27)5-11-25-21-29-17-19-31-25)33-35(3,4)28-15-9-24(10-16-28)6-12-26-22-30-18-20-32-26/h5-22H,1-4H3. The molecule has 35 heavy (non-hydrogen) atoms. The van der Waals surface area contributed by atoms with E-state index < -0.39 is 16.6 Å². The Hall–Kier alpha value is -3.53. The van der Waals surface area contributed by atoms with E-state index in [1.165, 1.54) is 10.4 Å². The Kier molecular flexibility index (Phi) is 7.60. The zero-order valence-corrected chi connectivity index (χ0v) is 22.6. The smallest absolute Gasteiger partial charge is 0.206 e. The molecule has 5 nitrogen and oxygen atoms in total. The summed E-state index contributed by atoms with van der Waals surface area (Å²) in [6.45, 7) is 9.13. The van der Waals surface area contributed by atoms with Crippen LogP contribution in [0.15, 0.2) is 85.7 Å². The summed E-state index contributed by atoms with van der Waals surface area (Å²) in [6, 6.07) is 17.4. The first-order valence-corrected chi connectivity index (χ1v) is 17.4. The van der Waals surface area contributed by atoms with Gasteiger partial charge in [-0.2, -0.15) is 0 Å². The molecule has 0 aliphatic heterocycles. The van der Waals surface area contributed by atoms with Crippen molar-refractivity contribution < 1.29 is 4.12 Å². The van der Waals surface area contributed by atoms with Gasteiger partial charge in [0, 0.05) is 24.8 Å². The molecular weight excluding hydrogens is 465 g/mol. The van der Waals surface area contributed by atoms with Crippen LogP contribution < -0.4 is 10.4 Å². The van der Waals surface area contributed by atoms with Crippen molar-refractivity contribution in [3.63, 3.8) is 0 Å². The average molecular weight is 495 g/mol. The Labute approximate surface area is 209 Å². The number of benzene rings is 2. The molecule has 7 heteroatoms. The molecule has 4 aromatic rings. The number of hydrogen-bond acceptors (Lipinski definition) is 5. The zero-order chi connectivity index (χ0) is 24.7. The summed E-state index contributed by atoms with van der Waals surface area (Å²) in [5.74, 6) is 0. The molecule has 0 N–H and O–H groups in total. The van der Waals surface area contributed by atoms with Gasteiger partial charge in [-0.25, -0.2) is 0 Å². The molecule has 0 bridgehead atoms. The van der Waals surface area contributed by atoms with E-state index in [9.17, 15) is 0 Å². The molecule has 0 saturated carbocycles. The highest BCUT2D eigenvalue weighted by Gasteiger charge is 2.35. The minimum absolute atomic E-state index is 0.845. The normalized spacial score (nSPS) is 12.5. The van der Waals surface area contributed by atoms with Crippen LogP contribution in [-0.4, -0.2) is 36.6 Å². The molecule has 176 valence electrons. The topological polar surface area (TPSA) is 60.8 Å². The van der Waals surface area contributed by atoms with Crippen molar-refractivity contribution in [3.05, 3.63) is 108 Å². The van der Waals surface area contributed by atoms with E-state index >= 15 is 0 Å². The molecule has 2 heterocycles. The first kappa shape index (κ1) is 24.6. The van der Waals surface area contributed by atoms with Crippen LogP contribution >= 0.6 is 0 Å². The molecule has 0 unspecified atom stereocenters. The second-order valence-corrected chi connectivity index (χ2v) is 17.3. The number of nitrogens with zero attached hydrogens (tertiary/aromatic N) is 4. The zero-order valence-electron chi connectivity index (χ0n) is 20.6. The summed E-state index contributed by atoms with van der Waals surface area (Å²) < 4.78 is 6.94. The number of rotatable bonds is 8. The predicted octanol–water partition coefficient (Wildman–Crippen LogP) is 5.15. The van der Waals surface area contributed by atoms with Crippen molar-refractivity contribution in [2.75, 3.05) is 0 Å². The summed E-state index contributed by atoms with van der Waals surface area (Å²) in [7, 11) is -4.19. The molecule has 4 rings (SSSR count). The largest absolute Gasteiger partial charge is 0.449 e. The van der Waals surface area contributed by atoms with Gasteiger partial charge < -0.3 is 4.12 Å². The van der Waals surface area contributed by atoms with E-state index in [4.69, 9.17) is 4.12 Å². The van der Waals surface area contributed by atoms with Gasteiger partial charge in [-0.3, -0.25) is 19.9 Å². The van der Waals surface area contributed by atoms with Crippen LogP contribution in [0.4, 0.5) is 0 Å². The third kappa shape index (κ3) is 6.76. The fourth-order valence-electron chi connectivity index (χ4n) is 3.90.